The maximum Gasteiger partial charge on any atom is 0.256 e. The minimum absolute atomic E-state index is 1.19. The highest BCUT2D eigenvalue weighted by atomic mass is 15.1. The van der Waals surface area contributed by atoms with Crippen LogP contribution in [0.5, 0.6) is 0 Å². The Morgan fingerprint density at radius 3 is 2.15 bits per heavy atom. The lowest BCUT2D eigenvalue weighted by molar-refractivity contribution is -0.678. The predicted molar refractivity (Wildman–Crippen MR) is 86.8 cm³/mol. The minimum Gasteiger partial charge on any atom is -0.237 e. The number of rotatable bonds is 12. The van der Waals surface area contributed by atoms with Gasteiger partial charge < -0.3 is 0 Å². The van der Waals surface area contributed by atoms with Gasteiger partial charge in [0.25, 0.3) is 5.82 Å². The van der Waals surface area contributed by atoms with Crippen molar-refractivity contribution in [1.29, 1.82) is 0 Å². The average Bonchev–Trinajstić information content (AvgIpc) is 2.79. The fourth-order valence-corrected chi connectivity index (χ4v) is 2.85. The zero-order valence-corrected chi connectivity index (χ0v) is 14.0. The van der Waals surface area contributed by atoms with E-state index in [2.05, 4.69) is 42.4 Å². The number of aromatic nitrogens is 2. The average molecular weight is 279 g/mol. The third-order valence-electron chi connectivity index (χ3n) is 4.22. The Morgan fingerprint density at radius 2 is 1.45 bits per heavy atom. The van der Waals surface area contributed by atoms with Crippen LogP contribution in [0.4, 0.5) is 0 Å². The van der Waals surface area contributed by atoms with E-state index in [1.807, 2.05) is 0 Å². The first-order chi connectivity index (χ1) is 9.79. The zero-order chi connectivity index (χ0) is 14.6. The van der Waals surface area contributed by atoms with Gasteiger partial charge in [0.2, 0.25) is 0 Å². The third kappa shape index (κ3) is 6.58. The molecule has 1 rings (SSSR count). The molecule has 0 aromatic carbocycles. The van der Waals surface area contributed by atoms with Gasteiger partial charge in [-0.3, -0.25) is 0 Å². The Morgan fingerprint density at radius 1 is 0.850 bits per heavy atom. The second kappa shape index (κ2) is 10.9. The predicted octanol–water partition coefficient (Wildman–Crippen LogP) is 4.80. The van der Waals surface area contributed by atoms with Gasteiger partial charge in [-0.05, 0) is 19.3 Å². The monoisotopic (exact) mass is 279 g/mol. The minimum atomic E-state index is 1.19. The number of aryl methyl sites for hydroxylation is 2. The van der Waals surface area contributed by atoms with Gasteiger partial charge >= 0.3 is 0 Å². The van der Waals surface area contributed by atoms with E-state index < -0.39 is 0 Å². The zero-order valence-electron chi connectivity index (χ0n) is 14.0. The summed E-state index contributed by atoms with van der Waals surface area (Å²) < 4.78 is 4.77. The van der Waals surface area contributed by atoms with E-state index in [4.69, 9.17) is 0 Å². The van der Waals surface area contributed by atoms with E-state index in [1.54, 1.807) is 0 Å². The summed E-state index contributed by atoms with van der Waals surface area (Å²) in [6, 6.07) is 0. The molecule has 0 fully saturated rings. The Labute approximate surface area is 126 Å². The molecule has 0 saturated carbocycles. The van der Waals surface area contributed by atoms with Crippen molar-refractivity contribution in [3.63, 3.8) is 0 Å². The Bertz CT molecular complexity index is 341. The molecule has 0 atom stereocenters. The topological polar surface area (TPSA) is 8.81 Å². The molecule has 0 saturated heterocycles. The van der Waals surface area contributed by atoms with Crippen LogP contribution >= 0.6 is 0 Å². The highest BCUT2D eigenvalue weighted by Crippen LogP contribution is 2.10. The number of unbranched alkanes of at least 4 members (excludes halogenated alkanes) is 8. The lowest BCUT2D eigenvalue weighted by Gasteiger charge is -2.03. The van der Waals surface area contributed by atoms with Crippen molar-refractivity contribution in [2.45, 2.75) is 91.0 Å². The molecule has 0 radical (unpaired) electrons. The Hall–Kier alpha value is -0.790. The van der Waals surface area contributed by atoms with Crippen molar-refractivity contribution < 1.29 is 4.57 Å². The van der Waals surface area contributed by atoms with E-state index >= 15 is 0 Å². The molecule has 0 N–H and O–H groups in total. The largest absolute Gasteiger partial charge is 0.256 e. The van der Waals surface area contributed by atoms with Gasteiger partial charge in [0.05, 0.1) is 13.6 Å². The van der Waals surface area contributed by atoms with E-state index in [0.717, 1.165) is 0 Å². The molecule has 1 aromatic rings. The molecule has 0 unspecified atom stereocenters. The maximum atomic E-state index is 2.47. The quantitative estimate of drug-likeness (QED) is 0.384. The number of nitrogens with zero attached hydrogens (tertiary/aromatic N) is 2. The molecule has 0 bridgehead atoms. The maximum absolute atomic E-state index is 2.47. The number of hydrogen-bond donors (Lipinski definition) is 0. The van der Waals surface area contributed by atoms with Crippen LogP contribution in [0.1, 0.15) is 83.9 Å². The highest BCUT2D eigenvalue weighted by molar-refractivity contribution is 4.84. The second-order valence-corrected chi connectivity index (χ2v) is 6.10. The summed E-state index contributed by atoms with van der Waals surface area (Å²) in [7, 11) is 2.19. The molecule has 2 heteroatoms. The standard InChI is InChI=1S/C18H35N2/c1-4-6-8-9-10-11-12-14-18-19(3)16-17-20(18)15-13-7-5-2/h16-17H,4-15H2,1-3H3/q+1. The van der Waals surface area contributed by atoms with Crippen LogP contribution in [0.3, 0.4) is 0 Å². The molecule has 1 heterocycles. The van der Waals surface area contributed by atoms with Gasteiger partial charge in [-0.1, -0.05) is 58.8 Å². The van der Waals surface area contributed by atoms with Crippen molar-refractivity contribution in [1.82, 2.24) is 4.57 Å². The van der Waals surface area contributed by atoms with Crippen LogP contribution in [0.25, 0.3) is 0 Å². The molecule has 1 aromatic heterocycles. The van der Waals surface area contributed by atoms with Gasteiger partial charge in [-0.25, -0.2) is 9.13 Å². The molecular weight excluding hydrogens is 244 g/mol. The van der Waals surface area contributed by atoms with Crippen molar-refractivity contribution >= 4 is 0 Å². The summed E-state index contributed by atoms with van der Waals surface area (Å²) in [5, 5.41) is 0. The first kappa shape index (κ1) is 17.3. The van der Waals surface area contributed by atoms with Gasteiger partial charge in [0.15, 0.2) is 0 Å². The van der Waals surface area contributed by atoms with Crippen molar-refractivity contribution in [3.05, 3.63) is 18.2 Å². The van der Waals surface area contributed by atoms with Crippen LogP contribution in [-0.2, 0) is 20.0 Å². The molecule has 20 heavy (non-hydrogen) atoms. The fraction of sp³-hybridized carbons (Fsp3) is 0.833. The summed E-state index contributed by atoms with van der Waals surface area (Å²) >= 11 is 0. The highest BCUT2D eigenvalue weighted by Gasteiger charge is 2.13. The smallest absolute Gasteiger partial charge is 0.237 e. The molecule has 0 spiro atoms. The summed E-state index contributed by atoms with van der Waals surface area (Å²) in [6.07, 6.45) is 19.4. The summed E-state index contributed by atoms with van der Waals surface area (Å²) in [5.74, 6) is 1.51. The van der Waals surface area contributed by atoms with Crippen LogP contribution in [0.15, 0.2) is 12.4 Å². The normalized spacial score (nSPS) is 11.2. The van der Waals surface area contributed by atoms with Crippen LogP contribution in [0, 0.1) is 0 Å². The Balaban J connectivity index is 2.23. The van der Waals surface area contributed by atoms with Gasteiger partial charge in [0, 0.05) is 6.42 Å². The van der Waals surface area contributed by atoms with Crippen LogP contribution < -0.4 is 4.57 Å². The fourth-order valence-electron chi connectivity index (χ4n) is 2.85. The van der Waals surface area contributed by atoms with Gasteiger partial charge in [0.1, 0.15) is 12.4 Å². The number of hydrogen-bond acceptors (Lipinski definition) is 0. The Kier molecular flexibility index (Phi) is 9.44. The molecule has 0 amide bonds. The third-order valence-corrected chi connectivity index (χ3v) is 4.22. The van der Waals surface area contributed by atoms with Crippen molar-refractivity contribution in [2.75, 3.05) is 0 Å². The first-order valence-electron chi connectivity index (χ1n) is 8.83. The van der Waals surface area contributed by atoms with Crippen LogP contribution in [0.2, 0.25) is 0 Å². The number of imidazole rings is 1. The van der Waals surface area contributed by atoms with Gasteiger partial charge in [-0.15, -0.1) is 0 Å². The molecule has 2 nitrogen and oxygen atoms in total. The van der Waals surface area contributed by atoms with E-state index in [1.165, 1.54) is 83.0 Å². The summed E-state index contributed by atoms with van der Waals surface area (Å²) in [5.41, 5.74) is 0. The first-order valence-corrected chi connectivity index (χ1v) is 8.83. The molecule has 0 aliphatic carbocycles. The van der Waals surface area contributed by atoms with E-state index in [0.29, 0.717) is 0 Å². The molecule has 116 valence electrons. The van der Waals surface area contributed by atoms with Crippen LogP contribution in [-0.4, -0.2) is 4.57 Å². The van der Waals surface area contributed by atoms with E-state index in [9.17, 15) is 0 Å². The van der Waals surface area contributed by atoms with Crippen molar-refractivity contribution in [2.24, 2.45) is 7.05 Å². The van der Waals surface area contributed by atoms with E-state index in [-0.39, 0.29) is 0 Å². The molecule has 0 aliphatic rings. The van der Waals surface area contributed by atoms with Crippen molar-refractivity contribution in [3.8, 4) is 0 Å². The summed E-state index contributed by atoms with van der Waals surface area (Å²) in [4.78, 5) is 0. The molecular formula is C18H35N2+. The second-order valence-electron chi connectivity index (χ2n) is 6.10. The summed E-state index contributed by atoms with van der Waals surface area (Å²) in [6.45, 7) is 5.75. The lowest BCUT2D eigenvalue weighted by atomic mass is 10.1. The SMILES string of the molecule is CCCCCCCCCc1n(CCCCC)cc[n+]1C. The molecule has 0 aliphatic heterocycles. The van der Waals surface area contributed by atoms with Gasteiger partial charge in [-0.2, -0.15) is 0 Å². The lowest BCUT2D eigenvalue weighted by Crippen LogP contribution is -2.32.